The molecule has 25 heavy (non-hydrogen) atoms. The van der Waals surface area contributed by atoms with E-state index in [9.17, 15) is 9.18 Å². The minimum absolute atomic E-state index is 0.0724. The Kier molecular flexibility index (Phi) is 5.28. The van der Waals surface area contributed by atoms with Crippen molar-refractivity contribution in [1.29, 1.82) is 0 Å². The van der Waals surface area contributed by atoms with E-state index in [0.29, 0.717) is 23.1 Å². The lowest BCUT2D eigenvalue weighted by Crippen LogP contribution is -2.38. The number of anilines is 1. The van der Waals surface area contributed by atoms with Crippen molar-refractivity contribution in [2.24, 2.45) is 0 Å². The molecule has 0 heterocycles. The van der Waals surface area contributed by atoms with Gasteiger partial charge in [0.25, 0.3) is 0 Å². The first-order valence-electron chi connectivity index (χ1n) is 8.55. The summed E-state index contributed by atoms with van der Waals surface area (Å²) in [6, 6.07) is 11.5. The molecule has 0 unspecified atom stereocenters. The summed E-state index contributed by atoms with van der Waals surface area (Å²) in [6.45, 7) is 2.41. The van der Waals surface area contributed by atoms with E-state index in [1.54, 1.807) is 30.3 Å². The lowest BCUT2D eigenvalue weighted by Gasteiger charge is -2.28. The largest absolute Gasteiger partial charge is 0.492 e. The maximum Gasteiger partial charge on any atom is 0.235 e. The molecule has 2 aromatic carbocycles. The fourth-order valence-corrected chi connectivity index (χ4v) is 3.73. The number of benzene rings is 2. The highest BCUT2D eigenvalue weighted by Gasteiger charge is 2.42. The van der Waals surface area contributed by atoms with E-state index in [-0.39, 0.29) is 11.7 Å². The molecule has 1 aliphatic carbocycles. The number of hydrogen-bond acceptors (Lipinski definition) is 2. The Bertz CT molecular complexity index is 755. The van der Waals surface area contributed by atoms with Crippen LogP contribution in [-0.2, 0) is 10.2 Å². The number of carbonyl (C=O) groups excluding carboxylic acids is 1. The van der Waals surface area contributed by atoms with Crippen LogP contribution in [-0.4, -0.2) is 12.5 Å². The molecule has 0 aromatic heterocycles. The molecule has 1 saturated carbocycles. The Morgan fingerprint density at radius 2 is 1.88 bits per heavy atom. The first-order chi connectivity index (χ1) is 12.0. The van der Waals surface area contributed by atoms with E-state index in [4.69, 9.17) is 16.3 Å². The molecule has 3 nitrogen and oxygen atoms in total. The molecule has 1 N–H and O–H groups in total. The summed E-state index contributed by atoms with van der Waals surface area (Å²) in [4.78, 5) is 13.1. The molecule has 5 heteroatoms. The van der Waals surface area contributed by atoms with E-state index in [1.165, 1.54) is 12.1 Å². The maximum atomic E-state index is 13.3. The van der Waals surface area contributed by atoms with E-state index in [0.717, 1.165) is 31.2 Å². The van der Waals surface area contributed by atoms with E-state index in [2.05, 4.69) is 5.32 Å². The number of amides is 1. The van der Waals surface area contributed by atoms with Crippen molar-refractivity contribution in [3.05, 3.63) is 58.9 Å². The third-order valence-corrected chi connectivity index (χ3v) is 5.07. The lowest BCUT2D eigenvalue weighted by molar-refractivity contribution is -0.121. The van der Waals surface area contributed by atoms with Gasteiger partial charge in [-0.2, -0.15) is 0 Å². The number of ether oxygens (including phenoxy) is 1. The summed E-state index contributed by atoms with van der Waals surface area (Å²) in [5.41, 5.74) is 0.881. The molecule has 1 aliphatic rings. The summed E-state index contributed by atoms with van der Waals surface area (Å²) in [6.07, 6.45) is 3.48. The van der Waals surface area contributed by atoms with Crippen molar-refractivity contribution >= 4 is 23.2 Å². The Morgan fingerprint density at radius 1 is 1.20 bits per heavy atom. The number of halogens is 2. The van der Waals surface area contributed by atoms with Gasteiger partial charge in [0.05, 0.1) is 17.0 Å². The number of carbonyl (C=O) groups is 1. The molecule has 1 amide bonds. The van der Waals surface area contributed by atoms with Crippen LogP contribution in [0.15, 0.2) is 42.5 Å². The van der Waals surface area contributed by atoms with Crippen molar-refractivity contribution in [1.82, 2.24) is 0 Å². The molecule has 0 saturated heterocycles. The van der Waals surface area contributed by atoms with Gasteiger partial charge in [-0.3, -0.25) is 4.79 Å². The smallest absolute Gasteiger partial charge is 0.235 e. The van der Waals surface area contributed by atoms with Crippen LogP contribution in [0, 0.1) is 5.82 Å². The van der Waals surface area contributed by atoms with Gasteiger partial charge in [0.15, 0.2) is 0 Å². The molecular weight excluding hydrogens is 341 g/mol. The topological polar surface area (TPSA) is 38.3 Å². The van der Waals surface area contributed by atoms with Gasteiger partial charge in [-0.1, -0.05) is 36.6 Å². The first kappa shape index (κ1) is 17.7. The lowest BCUT2D eigenvalue weighted by atomic mass is 9.78. The molecule has 0 spiro atoms. The van der Waals surface area contributed by atoms with Crippen LogP contribution in [0.1, 0.15) is 38.2 Å². The summed E-state index contributed by atoms with van der Waals surface area (Å²) in [7, 11) is 0. The van der Waals surface area contributed by atoms with Crippen molar-refractivity contribution < 1.29 is 13.9 Å². The Hall–Kier alpha value is -2.07. The molecule has 0 bridgehead atoms. The van der Waals surface area contributed by atoms with Gasteiger partial charge >= 0.3 is 0 Å². The normalized spacial score (nSPS) is 15.8. The van der Waals surface area contributed by atoms with E-state index < -0.39 is 5.41 Å². The van der Waals surface area contributed by atoms with Crippen LogP contribution in [0.4, 0.5) is 10.1 Å². The molecule has 0 aliphatic heterocycles. The highest BCUT2D eigenvalue weighted by atomic mass is 35.5. The highest BCUT2D eigenvalue weighted by molar-refractivity contribution is 6.32. The highest BCUT2D eigenvalue weighted by Crippen LogP contribution is 2.42. The van der Waals surface area contributed by atoms with Crippen molar-refractivity contribution in [2.45, 2.75) is 38.0 Å². The van der Waals surface area contributed by atoms with Crippen LogP contribution in [0.2, 0.25) is 5.02 Å². The van der Waals surface area contributed by atoms with Crippen LogP contribution >= 0.6 is 11.6 Å². The van der Waals surface area contributed by atoms with Crippen molar-refractivity contribution in [3.8, 4) is 5.75 Å². The Labute approximate surface area is 152 Å². The van der Waals surface area contributed by atoms with Gasteiger partial charge in [-0.25, -0.2) is 4.39 Å². The van der Waals surface area contributed by atoms with E-state index >= 15 is 0 Å². The zero-order chi connectivity index (χ0) is 17.9. The average molecular weight is 362 g/mol. The predicted molar refractivity (Wildman–Crippen MR) is 97.8 cm³/mol. The van der Waals surface area contributed by atoms with Gasteiger partial charge in [-0.15, -0.1) is 0 Å². The number of hydrogen-bond donors (Lipinski definition) is 1. The molecule has 132 valence electrons. The van der Waals surface area contributed by atoms with Crippen molar-refractivity contribution in [2.75, 3.05) is 11.9 Å². The van der Waals surface area contributed by atoms with Crippen molar-refractivity contribution in [3.63, 3.8) is 0 Å². The van der Waals surface area contributed by atoms with Gasteiger partial charge < -0.3 is 10.1 Å². The van der Waals surface area contributed by atoms with Crippen LogP contribution in [0.3, 0.4) is 0 Å². The second kappa shape index (κ2) is 7.44. The minimum atomic E-state index is -0.612. The van der Waals surface area contributed by atoms with Gasteiger partial charge in [0, 0.05) is 5.69 Å². The van der Waals surface area contributed by atoms with Gasteiger partial charge in [0.2, 0.25) is 5.91 Å². The fourth-order valence-electron chi connectivity index (χ4n) is 3.50. The van der Waals surface area contributed by atoms with E-state index in [1.807, 2.05) is 6.92 Å². The molecule has 0 atom stereocenters. The summed E-state index contributed by atoms with van der Waals surface area (Å²) in [5, 5.41) is 3.44. The third-order valence-electron chi connectivity index (χ3n) is 4.78. The Balaban J connectivity index is 1.84. The quantitative estimate of drug-likeness (QED) is 0.781. The zero-order valence-corrected chi connectivity index (χ0v) is 14.9. The van der Waals surface area contributed by atoms with Crippen LogP contribution < -0.4 is 10.1 Å². The average Bonchev–Trinajstić information content (AvgIpc) is 3.09. The summed E-state index contributed by atoms with van der Waals surface area (Å²) < 4.78 is 18.7. The standard InChI is InChI=1S/C20H21ClFNO2/c1-2-25-18-10-9-16(13-17(18)21)23-19(24)20(11-3-4-12-20)14-5-7-15(22)8-6-14/h5-10,13H,2-4,11-12H2,1H3,(H,23,24). The number of rotatable bonds is 5. The fraction of sp³-hybridized carbons (Fsp3) is 0.350. The number of nitrogens with one attached hydrogen (secondary N) is 1. The summed E-state index contributed by atoms with van der Waals surface area (Å²) >= 11 is 6.20. The molecule has 2 aromatic rings. The molecule has 1 fully saturated rings. The molecule has 0 radical (unpaired) electrons. The SMILES string of the molecule is CCOc1ccc(NC(=O)C2(c3ccc(F)cc3)CCCC2)cc1Cl. The van der Waals surface area contributed by atoms with Gasteiger partial charge in [-0.05, 0) is 55.7 Å². The zero-order valence-electron chi connectivity index (χ0n) is 14.1. The predicted octanol–water partition coefficient (Wildman–Crippen LogP) is 5.33. The molecular formula is C20H21ClFNO2. The monoisotopic (exact) mass is 361 g/mol. The second-order valence-electron chi connectivity index (χ2n) is 6.33. The Morgan fingerprint density at radius 3 is 2.48 bits per heavy atom. The van der Waals surface area contributed by atoms with Crippen LogP contribution in [0.5, 0.6) is 5.75 Å². The van der Waals surface area contributed by atoms with Crippen LogP contribution in [0.25, 0.3) is 0 Å². The molecule has 3 rings (SSSR count). The second-order valence-corrected chi connectivity index (χ2v) is 6.74. The first-order valence-corrected chi connectivity index (χ1v) is 8.93. The van der Waals surface area contributed by atoms with Gasteiger partial charge in [0.1, 0.15) is 11.6 Å². The summed E-state index contributed by atoms with van der Waals surface area (Å²) in [5.74, 6) is 0.226. The third kappa shape index (κ3) is 3.64. The maximum absolute atomic E-state index is 13.3. The minimum Gasteiger partial charge on any atom is -0.492 e.